The van der Waals surface area contributed by atoms with Crippen LogP contribution >= 0.6 is 0 Å². The van der Waals surface area contributed by atoms with E-state index in [1.54, 1.807) is 0 Å². The van der Waals surface area contributed by atoms with Gasteiger partial charge in [-0.2, -0.15) is 0 Å². The Bertz CT molecular complexity index is 368. The summed E-state index contributed by atoms with van der Waals surface area (Å²) in [6.45, 7) is 3.34. The first-order chi connectivity index (χ1) is 7.07. The van der Waals surface area contributed by atoms with Crippen LogP contribution in [-0.4, -0.2) is 21.0 Å². The van der Waals surface area contributed by atoms with E-state index >= 15 is 0 Å². The van der Waals surface area contributed by atoms with E-state index < -0.39 is 17.7 Å². The number of carbonyl (C=O) groups is 1. The van der Waals surface area contributed by atoms with E-state index in [4.69, 9.17) is 5.11 Å². The SMILES string of the molecule is CCCC(C(=O)O)c1ncnc(C)c1F. The molecule has 0 amide bonds. The number of aliphatic carboxylic acids is 1. The molecule has 0 aliphatic carbocycles. The number of hydrogen-bond acceptors (Lipinski definition) is 3. The standard InChI is InChI=1S/C10H13FN2O2/c1-3-4-7(10(14)15)9-8(11)6(2)12-5-13-9/h5,7H,3-4H2,1-2H3,(H,14,15). The fourth-order valence-electron chi connectivity index (χ4n) is 1.39. The number of nitrogens with zero attached hydrogens (tertiary/aromatic N) is 2. The zero-order chi connectivity index (χ0) is 11.4. The number of rotatable bonds is 4. The second-order valence-electron chi connectivity index (χ2n) is 3.34. The molecule has 0 radical (unpaired) electrons. The van der Waals surface area contributed by atoms with Crippen LogP contribution in [0.15, 0.2) is 6.33 Å². The van der Waals surface area contributed by atoms with Gasteiger partial charge in [0, 0.05) is 0 Å². The molecule has 1 N–H and O–H groups in total. The summed E-state index contributed by atoms with van der Waals surface area (Å²) in [5, 5.41) is 8.95. The van der Waals surface area contributed by atoms with Gasteiger partial charge in [-0.05, 0) is 13.3 Å². The smallest absolute Gasteiger partial charge is 0.312 e. The third kappa shape index (κ3) is 2.49. The molecule has 0 spiro atoms. The molecule has 0 aromatic carbocycles. The molecule has 1 atom stereocenters. The lowest BCUT2D eigenvalue weighted by molar-refractivity contribution is -0.139. The molecule has 0 bridgehead atoms. The molecule has 1 rings (SSSR count). The third-order valence-electron chi connectivity index (χ3n) is 2.20. The van der Waals surface area contributed by atoms with Gasteiger partial charge in [0.15, 0.2) is 5.82 Å². The summed E-state index contributed by atoms with van der Waals surface area (Å²) in [6, 6.07) is 0. The first-order valence-electron chi connectivity index (χ1n) is 4.77. The molecule has 0 saturated carbocycles. The van der Waals surface area contributed by atoms with Gasteiger partial charge in [0.25, 0.3) is 0 Å². The van der Waals surface area contributed by atoms with E-state index in [1.807, 2.05) is 6.92 Å². The molecular formula is C10H13FN2O2. The van der Waals surface area contributed by atoms with Gasteiger partial charge in [0.2, 0.25) is 0 Å². The van der Waals surface area contributed by atoms with E-state index in [0.29, 0.717) is 12.8 Å². The van der Waals surface area contributed by atoms with Crippen molar-refractivity contribution in [1.29, 1.82) is 0 Å². The van der Waals surface area contributed by atoms with Crippen LogP contribution < -0.4 is 0 Å². The number of carboxylic acids is 1. The van der Waals surface area contributed by atoms with Gasteiger partial charge >= 0.3 is 5.97 Å². The molecule has 5 heteroatoms. The first kappa shape index (κ1) is 11.6. The molecule has 4 nitrogen and oxygen atoms in total. The van der Waals surface area contributed by atoms with Crippen LogP contribution in [0.25, 0.3) is 0 Å². The van der Waals surface area contributed by atoms with Crippen molar-refractivity contribution in [3.63, 3.8) is 0 Å². The van der Waals surface area contributed by atoms with Crippen LogP contribution in [0.1, 0.15) is 37.1 Å². The Hall–Kier alpha value is -1.52. The van der Waals surface area contributed by atoms with Crippen molar-refractivity contribution >= 4 is 5.97 Å². The van der Waals surface area contributed by atoms with Gasteiger partial charge in [-0.1, -0.05) is 13.3 Å². The van der Waals surface area contributed by atoms with Gasteiger partial charge in [0.1, 0.15) is 12.2 Å². The molecule has 1 aromatic rings. The molecule has 0 fully saturated rings. The zero-order valence-electron chi connectivity index (χ0n) is 8.70. The van der Waals surface area contributed by atoms with Gasteiger partial charge in [-0.3, -0.25) is 4.79 Å². The maximum atomic E-state index is 13.5. The van der Waals surface area contributed by atoms with Crippen molar-refractivity contribution < 1.29 is 14.3 Å². The molecule has 1 aromatic heterocycles. The Labute approximate surface area is 87.2 Å². The van der Waals surface area contributed by atoms with E-state index in [9.17, 15) is 9.18 Å². The average Bonchev–Trinajstić information content (AvgIpc) is 2.19. The molecule has 82 valence electrons. The van der Waals surface area contributed by atoms with Crippen molar-refractivity contribution in [2.24, 2.45) is 0 Å². The Morgan fingerprint density at radius 2 is 2.27 bits per heavy atom. The summed E-state index contributed by atoms with van der Waals surface area (Å²) in [7, 11) is 0. The number of aryl methyl sites for hydroxylation is 1. The van der Waals surface area contributed by atoms with Crippen molar-refractivity contribution in [3.8, 4) is 0 Å². The molecule has 1 heterocycles. The molecular weight excluding hydrogens is 199 g/mol. The summed E-state index contributed by atoms with van der Waals surface area (Å²) in [5.74, 6) is -2.54. The molecule has 15 heavy (non-hydrogen) atoms. The fraction of sp³-hybridized carbons (Fsp3) is 0.500. The van der Waals surface area contributed by atoms with Crippen LogP contribution in [-0.2, 0) is 4.79 Å². The van der Waals surface area contributed by atoms with E-state index in [2.05, 4.69) is 9.97 Å². The number of aromatic nitrogens is 2. The maximum absolute atomic E-state index is 13.5. The minimum absolute atomic E-state index is 0.0168. The van der Waals surface area contributed by atoms with Crippen molar-refractivity contribution in [2.45, 2.75) is 32.6 Å². The van der Waals surface area contributed by atoms with Crippen molar-refractivity contribution in [3.05, 3.63) is 23.5 Å². The van der Waals surface area contributed by atoms with Crippen LogP contribution in [0, 0.1) is 12.7 Å². The third-order valence-corrected chi connectivity index (χ3v) is 2.20. The van der Waals surface area contributed by atoms with Gasteiger partial charge in [-0.15, -0.1) is 0 Å². The molecule has 0 saturated heterocycles. The average molecular weight is 212 g/mol. The van der Waals surface area contributed by atoms with Crippen molar-refractivity contribution in [2.75, 3.05) is 0 Å². The van der Waals surface area contributed by atoms with Crippen LogP contribution in [0.3, 0.4) is 0 Å². The Morgan fingerprint density at radius 1 is 1.60 bits per heavy atom. The van der Waals surface area contributed by atoms with E-state index in [0.717, 1.165) is 0 Å². The highest BCUT2D eigenvalue weighted by atomic mass is 19.1. The van der Waals surface area contributed by atoms with E-state index in [-0.39, 0.29) is 11.4 Å². The zero-order valence-corrected chi connectivity index (χ0v) is 8.70. The summed E-state index contributed by atoms with van der Waals surface area (Å²) >= 11 is 0. The lowest BCUT2D eigenvalue weighted by Gasteiger charge is -2.11. The fourth-order valence-corrected chi connectivity index (χ4v) is 1.39. The Balaban J connectivity index is 3.11. The van der Waals surface area contributed by atoms with Gasteiger partial charge in [-0.25, -0.2) is 14.4 Å². The highest BCUT2D eigenvalue weighted by Crippen LogP contribution is 2.22. The lowest BCUT2D eigenvalue weighted by Crippen LogP contribution is -2.15. The second kappa shape index (κ2) is 4.82. The van der Waals surface area contributed by atoms with Gasteiger partial charge < -0.3 is 5.11 Å². The Kier molecular flexibility index (Phi) is 3.71. The molecule has 0 aliphatic rings. The minimum Gasteiger partial charge on any atom is -0.481 e. The topological polar surface area (TPSA) is 63.1 Å². The van der Waals surface area contributed by atoms with Gasteiger partial charge in [0.05, 0.1) is 11.4 Å². The summed E-state index contributed by atoms with van der Waals surface area (Å²) in [4.78, 5) is 18.3. The van der Waals surface area contributed by atoms with Crippen LogP contribution in [0.5, 0.6) is 0 Å². The van der Waals surface area contributed by atoms with Crippen molar-refractivity contribution in [1.82, 2.24) is 9.97 Å². The quantitative estimate of drug-likeness (QED) is 0.827. The van der Waals surface area contributed by atoms with Crippen LogP contribution in [0.4, 0.5) is 4.39 Å². The number of carboxylic acid groups (broad SMARTS) is 1. The summed E-state index contributed by atoms with van der Waals surface area (Å²) < 4.78 is 13.5. The second-order valence-corrected chi connectivity index (χ2v) is 3.34. The number of hydrogen-bond donors (Lipinski definition) is 1. The predicted octanol–water partition coefficient (Wildman–Crippen LogP) is 1.89. The summed E-state index contributed by atoms with van der Waals surface area (Å²) in [6.07, 6.45) is 2.24. The largest absolute Gasteiger partial charge is 0.481 e. The monoisotopic (exact) mass is 212 g/mol. The molecule has 1 unspecified atom stereocenters. The highest BCUT2D eigenvalue weighted by molar-refractivity contribution is 5.75. The highest BCUT2D eigenvalue weighted by Gasteiger charge is 2.24. The number of halogens is 1. The van der Waals surface area contributed by atoms with E-state index in [1.165, 1.54) is 13.3 Å². The lowest BCUT2D eigenvalue weighted by atomic mass is 9.99. The normalized spacial score (nSPS) is 12.5. The maximum Gasteiger partial charge on any atom is 0.312 e. The van der Waals surface area contributed by atoms with Crippen LogP contribution in [0.2, 0.25) is 0 Å². The molecule has 0 aliphatic heterocycles. The predicted molar refractivity (Wildman–Crippen MR) is 52.0 cm³/mol. The summed E-state index contributed by atoms with van der Waals surface area (Å²) in [5.41, 5.74) is 0.166. The minimum atomic E-state index is -1.05. The Morgan fingerprint density at radius 3 is 2.80 bits per heavy atom. The first-order valence-corrected chi connectivity index (χ1v) is 4.77.